The molecule has 0 unspecified atom stereocenters. The smallest absolute Gasteiger partial charge is 0.126 e. The molecule has 0 atom stereocenters. The van der Waals surface area contributed by atoms with Crippen molar-refractivity contribution in [3.05, 3.63) is 30.1 Å². The van der Waals surface area contributed by atoms with Gasteiger partial charge in [-0.3, -0.25) is 0 Å². The molecule has 1 aliphatic carbocycles. The monoisotopic (exact) mass is 194 g/mol. The lowest BCUT2D eigenvalue weighted by Crippen LogP contribution is -2.19. The molecule has 14 heavy (non-hydrogen) atoms. The summed E-state index contributed by atoms with van der Waals surface area (Å²) in [5.74, 6) is 0.440. The van der Waals surface area contributed by atoms with Gasteiger partial charge in [0.2, 0.25) is 0 Å². The predicted molar refractivity (Wildman–Crippen MR) is 53.9 cm³/mol. The zero-order valence-electron chi connectivity index (χ0n) is 8.21. The second-order valence-electron chi connectivity index (χ2n) is 3.84. The van der Waals surface area contributed by atoms with E-state index < -0.39 is 0 Å². The largest absolute Gasteiger partial charge is 0.490 e. The minimum absolute atomic E-state index is 0.224. The summed E-state index contributed by atoms with van der Waals surface area (Å²) in [5.41, 5.74) is 0. The molecule has 0 N–H and O–H groups in total. The van der Waals surface area contributed by atoms with Gasteiger partial charge in [-0.25, -0.2) is 4.39 Å². The standard InChI is InChI=1S/C12H15FO/c13-10-5-4-8-12(9-10)14-11-6-2-1-3-7-11/h4-5,8-9,11H,1-3,6-7H2. The van der Waals surface area contributed by atoms with Crippen molar-refractivity contribution in [1.82, 2.24) is 0 Å². The van der Waals surface area contributed by atoms with E-state index in [-0.39, 0.29) is 5.82 Å². The fraction of sp³-hybridized carbons (Fsp3) is 0.500. The maximum absolute atomic E-state index is 12.8. The molecule has 0 saturated heterocycles. The van der Waals surface area contributed by atoms with Crippen molar-refractivity contribution in [2.45, 2.75) is 38.2 Å². The van der Waals surface area contributed by atoms with E-state index in [2.05, 4.69) is 0 Å². The van der Waals surface area contributed by atoms with Gasteiger partial charge >= 0.3 is 0 Å². The third-order valence-electron chi connectivity index (χ3n) is 2.65. The van der Waals surface area contributed by atoms with Gasteiger partial charge in [-0.1, -0.05) is 12.5 Å². The Balaban J connectivity index is 1.95. The van der Waals surface area contributed by atoms with Crippen LogP contribution in [0.25, 0.3) is 0 Å². The highest BCUT2D eigenvalue weighted by molar-refractivity contribution is 5.22. The zero-order valence-corrected chi connectivity index (χ0v) is 8.21. The second-order valence-corrected chi connectivity index (χ2v) is 3.84. The average Bonchev–Trinajstić information content (AvgIpc) is 2.19. The van der Waals surface area contributed by atoms with Crippen molar-refractivity contribution < 1.29 is 9.13 Å². The lowest BCUT2D eigenvalue weighted by molar-refractivity contribution is 0.154. The molecule has 2 heteroatoms. The van der Waals surface area contributed by atoms with Crippen molar-refractivity contribution in [3.63, 3.8) is 0 Å². The Kier molecular flexibility index (Phi) is 3.02. The van der Waals surface area contributed by atoms with Crippen LogP contribution in [0.5, 0.6) is 5.75 Å². The van der Waals surface area contributed by atoms with Crippen LogP contribution in [0.15, 0.2) is 24.3 Å². The third-order valence-corrected chi connectivity index (χ3v) is 2.65. The summed E-state index contributed by atoms with van der Waals surface area (Å²) in [5, 5.41) is 0. The molecule has 0 aromatic heterocycles. The van der Waals surface area contributed by atoms with E-state index in [1.54, 1.807) is 6.07 Å². The van der Waals surface area contributed by atoms with Crippen LogP contribution in [-0.2, 0) is 0 Å². The molecule has 0 spiro atoms. The van der Waals surface area contributed by atoms with Gasteiger partial charge in [0.25, 0.3) is 0 Å². The lowest BCUT2D eigenvalue weighted by atomic mass is 9.98. The summed E-state index contributed by atoms with van der Waals surface area (Å²) in [4.78, 5) is 0. The summed E-state index contributed by atoms with van der Waals surface area (Å²) < 4.78 is 18.5. The van der Waals surface area contributed by atoms with Crippen LogP contribution in [0.2, 0.25) is 0 Å². The van der Waals surface area contributed by atoms with Crippen molar-refractivity contribution in [2.24, 2.45) is 0 Å². The van der Waals surface area contributed by atoms with Crippen molar-refractivity contribution in [1.29, 1.82) is 0 Å². The zero-order chi connectivity index (χ0) is 9.80. The fourth-order valence-electron chi connectivity index (χ4n) is 1.92. The maximum Gasteiger partial charge on any atom is 0.126 e. The number of hydrogen-bond donors (Lipinski definition) is 0. The van der Waals surface area contributed by atoms with Gasteiger partial charge < -0.3 is 4.74 Å². The van der Waals surface area contributed by atoms with Crippen LogP contribution >= 0.6 is 0 Å². The number of rotatable bonds is 2. The molecule has 0 radical (unpaired) electrons. The van der Waals surface area contributed by atoms with Gasteiger partial charge in [0.15, 0.2) is 0 Å². The fourth-order valence-corrected chi connectivity index (χ4v) is 1.92. The molecule has 1 saturated carbocycles. The van der Waals surface area contributed by atoms with E-state index in [0.717, 1.165) is 12.8 Å². The molecule has 0 aliphatic heterocycles. The molecule has 1 aromatic rings. The normalized spacial score (nSPS) is 18.1. The molecule has 0 heterocycles. The first-order valence-electron chi connectivity index (χ1n) is 5.27. The Hall–Kier alpha value is -1.05. The minimum atomic E-state index is -0.224. The van der Waals surface area contributed by atoms with E-state index in [1.807, 2.05) is 6.07 Å². The van der Waals surface area contributed by atoms with Crippen LogP contribution in [-0.4, -0.2) is 6.10 Å². The molecule has 76 valence electrons. The Labute approximate surface area is 83.9 Å². The highest BCUT2D eigenvalue weighted by Crippen LogP contribution is 2.23. The van der Waals surface area contributed by atoms with Crippen LogP contribution < -0.4 is 4.74 Å². The Bertz CT molecular complexity index is 292. The molecular weight excluding hydrogens is 179 g/mol. The number of benzene rings is 1. The molecule has 1 fully saturated rings. The van der Waals surface area contributed by atoms with Gasteiger partial charge in [0, 0.05) is 6.07 Å². The topological polar surface area (TPSA) is 9.23 Å². The van der Waals surface area contributed by atoms with Gasteiger partial charge in [-0.2, -0.15) is 0 Å². The Morgan fingerprint density at radius 3 is 2.64 bits per heavy atom. The molecule has 0 bridgehead atoms. The van der Waals surface area contributed by atoms with Crippen LogP contribution in [0.3, 0.4) is 0 Å². The number of hydrogen-bond acceptors (Lipinski definition) is 1. The van der Waals surface area contributed by atoms with Crippen molar-refractivity contribution in [2.75, 3.05) is 0 Å². The van der Waals surface area contributed by atoms with E-state index in [0.29, 0.717) is 11.9 Å². The van der Waals surface area contributed by atoms with E-state index in [9.17, 15) is 4.39 Å². The summed E-state index contributed by atoms with van der Waals surface area (Å²) in [6.45, 7) is 0. The van der Waals surface area contributed by atoms with Gasteiger partial charge in [0.1, 0.15) is 11.6 Å². The second kappa shape index (κ2) is 4.45. The highest BCUT2D eigenvalue weighted by Gasteiger charge is 2.14. The van der Waals surface area contributed by atoms with Crippen LogP contribution in [0.4, 0.5) is 4.39 Å². The third kappa shape index (κ3) is 2.47. The Morgan fingerprint density at radius 2 is 1.93 bits per heavy atom. The highest BCUT2D eigenvalue weighted by atomic mass is 19.1. The van der Waals surface area contributed by atoms with Gasteiger partial charge in [-0.15, -0.1) is 0 Å². The van der Waals surface area contributed by atoms with Crippen LogP contribution in [0.1, 0.15) is 32.1 Å². The number of ether oxygens (including phenoxy) is 1. The van der Waals surface area contributed by atoms with E-state index >= 15 is 0 Å². The Morgan fingerprint density at radius 1 is 1.14 bits per heavy atom. The quantitative estimate of drug-likeness (QED) is 0.699. The lowest BCUT2D eigenvalue weighted by Gasteiger charge is -2.22. The van der Waals surface area contributed by atoms with Crippen LogP contribution in [0, 0.1) is 5.82 Å². The number of halogens is 1. The molecule has 1 nitrogen and oxygen atoms in total. The van der Waals surface area contributed by atoms with Crippen molar-refractivity contribution in [3.8, 4) is 5.75 Å². The van der Waals surface area contributed by atoms with E-state index in [4.69, 9.17) is 4.74 Å². The molecular formula is C12H15FO. The van der Waals surface area contributed by atoms with Gasteiger partial charge in [0.05, 0.1) is 6.10 Å². The molecule has 0 amide bonds. The first kappa shape index (κ1) is 9.50. The summed E-state index contributed by atoms with van der Waals surface area (Å²) >= 11 is 0. The molecule has 1 aliphatic rings. The summed E-state index contributed by atoms with van der Waals surface area (Å²) in [6.07, 6.45) is 6.29. The van der Waals surface area contributed by atoms with Crippen molar-refractivity contribution >= 4 is 0 Å². The minimum Gasteiger partial charge on any atom is -0.490 e. The predicted octanol–water partition coefficient (Wildman–Crippen LogP) is 3.54. The summed E-state index contributed by atoms with van der Waals surface area (Å²) in [7, 11) is 0. The first-order chi connectivity index (χ1) is 6.84. The summed E-state index contributed by atoms with van der Waals surface area (Å²) in [6, 6.07) is 6.40. The SMILES string of the molecule is Fc1cccc(OC2CCCCC2)c1. The molecule has 2 rings (SSSR count). The maximum atomic E-state index is 12.8. The molecule has 1 aromatic carbocycles. The average molecular weight is 194 g/mol. The van der Waals surface area contributed by atoms with Gasteiger partial charge in [-0.05, 0) is 37.8 Å². The van der Waals surface area contributed by atoms with E-state index in [1.165, 1.54) is 31.4 Å². The first-order valence-corrected chi connectivity index (χ1v) is 5.27.